The Hall–Kier alpha value is -1.99. The fraction of sp³-hybridized carbons (Fsp3) is 0.167. The van der Waals surface area contributed by atoms with E-state index in [9.17, 15) is 13.2 Å². The Labute approximate surface area is 110 Å². The van der Waals surface area contributed by atoms with E-state index < -0.39 is 22.5 Å². The molecule has 0 unspecified atom stereocenters. The van der Waals surface area contributed by atoms with Crippen molar-refractivity contribution in [3.05, 3.63) is 36.0 Å². The van der Waals surface area contributed by atoms with Gasteiger partial charge in [0.05, 0.1) is 17.0 Å². The van der Waals surface area contributed by atoms with E-state index in [1.54, 1.807) is 24.4 Å². The Balaban J connectivity index is 2.57. The molecule has 2 rings (SSSR count). The highest BCUT2D eigenvalue weighted by molar-refractivity contribution is 7.89. The summed E-state index contributed by atoms with van der Waals surface area (Å²) in [4.78, 5) is 14.9. The minimum absolute atomic E-state index is 0.0856. The fourth-order valence-corrected chi connectivity index (χ4v) is 2.96. The molecule has 0 spiro atoms. The summed E-state index contributed by atoms with van der Waals surface area (Å²) in [5.41, 5.74) is 6.43. The van der Waals surface area contributed by atoms with E-state index in [-0.39, 0.29) is 4.90 Å². The van der Waals surface area contributed by atoms with Gasteiger partial charge in [-0.2, -0.15) is 0 Å². The Morgan fingerprint density at radius 3 is 2.79 bits per heavy atom. The summed E-state index contributed by atoms with van der Waals surface area (Å²) in [5, 5.41) is 0.513. The summed E-state index contributed by atoms with van der Waals surface area (Å²) in [7, 11) is -3.79. The van der Waals surface area contributed by atoms with Crippen molar-refractivity contribution in [1.29, 1.82) is 0 Å². The van der Waals surface area contributed by atoms with E-state index in [0.29, 0.717) is 10.9 Å². The Morgan fingerprint density at radius 1 is 1.37 bits per heavy atom. The third kappa shape index (κ3) is 2.72. The molecule has 0 saturated heterocycles. The molecule has 0 radical (unpaired) electrons. The molecule has 1 heterocycles. The molecule has 0 fully saturated rings. The number of benzene rings is 1. The minimum atomic E-state index is -3.79. The third-order valence-electron chi connectivity index (χ3n) is 2.66. The van der Waals surface area contributed by atoms with Crippen molar-refractivity contribution >= 4 is 26.8 Å². The molecule has 100 valence electrons. The van der Waals surface area contributed by atoms with E-state index in [2.05, 4.69) is 9.71 Å². The largest absolute Gasteiger partial charge is 0.369 e. The van der Waals surface area contributed by atoms with Crippen molar-refractivity contribution in [1.82, 2.24) is 9.71 Å². The van der Waals surface area contributed by atoms with Gasteiger partial charge in [-0.25, -0.2) is 13.1 Å². The number of nitrogens with one attached hydrogen (secondary N) is 1. The number of carbonyl (C=O) groups excluding carboxylic acids is 1. The highest BCUT2D eigenvalue weighted by Crippen LogP contribution is 2.23. The maximum absolute atomic E-state index is 12.1. The second-order valence-electron chi connectivity index (χ2n) is 4.07. The van der Waals surface area contributed by atoms with Crippen LogP contribution in [0, 0.1) is 6.92 Å². The first kappa shape index (κ1) is 13.4. The Bertz CT molecular complexity index is 741. The number of pyridine rings is 1. The number of amides is 1. The standard InChI is InChI=1S/C12H13N3O3S/c1-8-4-5-10(9-3-2-6-14-12(8)9)19(17,18)15-7-11(13)16/h2-6,15H,7H2,1H3,(H2,13,16). The van der Waals surface area contributed by atoms with Gasteiger partial charge in [0.1, 0.15) is 0 Å². The van der Waals surface area contributed by atoms with Crippen molar-refractivity contribution in [3.8, 4) is 0 Å². The molecule has 6 nitrogen and oxygen atoms in total. The molecule has 7 heteroatoms. The zero-order valence-corrected chi connectivity index (χ0v) is 11.1. The number of nitrogens with two attached hydrogens (primary N) is 1. The topological polar surface area (TPSA) is 102 Å². The second kappa shape index (κ2) is 4.94. The molecule has 0 aliphatic rings. The number of carbonyl (C=O) groups is 1. The van der Waals surface area contributed by atoms with Crippen LogP contribution in [0.15, 0.2) is 35.4 Å². The fourth-order valence-electron chi connectivity index (χ4n) is 1.77. The molecule has 1 aromatic heterocycles. The number of aromatic nitrogens is 1. The molecular weight excluding hydrogens is 266 g/mol. The van der Waals surface area contributed by atoms with Crippen LogP contribution in [0.4, 0.5) is 0 Å². The molecule has 0 bridgehead atoms. The second-order valence-corrected chi connectivity index (χ2v) is 5.81. The van der Waals surface area contributed by atoms with E-state index in [1.165, 1.54) is 6.07 Å². The summed E-state index contributed by atoms with van der Waals surface area (Å²) < 4.78 is 26.4. The average molecular weight is 279 g/mol. The van der Waals surface area contributed by atoms with Crippen molar-refractivity contribution in [2.75, 3.05) is 6.54 Å². The van der Waals surface area contributed by atoms with Crippen molar-refractivity contribution in [3.63, 3.8) is 0 Å². The number of aryl methyl sites for hydroxylation is 1. The van der Waals surface area contributed by atoms with Gasteiger partial charge in [-0.1, -0.05) is 6.07 Å². The maximum atomic E-state index is 12.1. The van der Waals surface area contributed by atoms with Crippen molar-refractivity contribution in [2.24, 2.45) is 5.73 Å². The highest BCUT2D eigenvalue weighted by atomic mass is 32.2. The lowest BCUT2D eigenvalue weighted by atomic mass is 10.1. The SMILES string of the molecule is Cc1ccc(S(=O)(=O)NCC(N)=O)c2cccnc12. The number of primary amides is 1. The van der Waals surface area contributed by atoms with Crippen molar-refractivity contribution in [2.45, 2.75) is 11.8 Å². The van der Waals surface area contributed by atoms with Gasteiger partial charge in [-0.15, -0.1) is 0 Å². The maximum Gasteiger partial charge on any atom is 0.241 e. The zero-order valence-electron chi connectivity index (χ0n) is 10.3. The summed E-state index contributed by atoms with van der Waals surface area (Å²) in [6.45, 7) is 1.42. The lowest BCUT2D eigenvalue weighted by Gasteiger charge is -2.09. The summed E-state index contributed by atoms with van der Waals surface area (Å²) in [6.07, 6.45) is 1.60. The molecular formula is C12H13N3O3S. The van der Waals surface area contributed by atoms with E-state index in [0.717, 1.165) is 5.56 Å². The molecule has 19 heavy (non-hydrogen) atoms. The van der Waals surface area contributed by atoms with Crippen LogP contribution in [0.25, 0.3) is 10.9 Å². The first-order valence-corrected chi connectivity index (χ1v) is 7.02. The van der Waals surface area contributed by atoms with Gasteiger partial charge in [0, 0.05) is 11.6 Å². The van der Waals surface area contributed by atoms with E-state index in [1.807, 2.05) is 6.92 Å². The monoisotopic (exact) mass is 279 g/mol. The molecule has 1 aromatic carbocycles. The van der Waals surface area contributed by atoms with Gasteiger partial charge in [0.2, 0.25) is 15.9 Å². The summed E-state index contributed by atoms with van der Waals surface area (Å²) in [6, 6.07) is 6.50. The lowest BCUT2D eigenvalue weighted by Crippen LogP contribution is -2.33. The van der Waals surface area contributed by atoms with Crippen molar-refractivity contribution < 1.29 is 13.2 Å². The Morgan fingerprint density at radius 2 is 2.11 bits per heavy atom. The quantitative estimate of drug-likeness (QED) is 0.840. The third-order valence-corrected chi connectivity index (χ3v) is 4.12. The van der Waals surface area contributed by atoms with Gasteiger partial charge in [-0.3, -0.25) is 9.78 Å². The molecule has 3 N–H and O–H groups in total. The summed E-state index contributed by atoms with van der Waals surface area (Å²) >= 11 is 0. The number of hydrogen-bond donors (Lipinski definition) is 2. The predicted octanol–water partition coefficient (Wildman–Crippen LogP) is 0.307. The molecule has 1 amide bonds. The van der Waals surface area contributed by atoms with Gasteiger partial charge in [-0.05, 0) is 30.7 Å². The van der Waals surface area contributed by atoms with Gasteiger partial charge >= 0.3 is 0 Å². The molecule has 0 atom stereocenters. The summed E-state index contributed by atoms with van der Waals surface area (Å²) in [5.74, 6) is -0.738. The van der Waals surface area contributed by atoms with Gasteiger partial charge in [0.15, 0.2) is 0 Å². The molecule has 0 aliphatic carbocycles. The molecule has 0 saturated carbocycles. The zero-order chi connectivity index (χ0) is 14.0. The molecule has 2 aromatic rings. The van der Waals surface area contributed by atoms with Crippen LogP contribution < -0.4 is 10.5 Å². The van der Waals surface area contributed by atoms with Crippen LogP contribution in [-0.2, 0) is 14.8 Å². The van der Waals surface area contributed by atoms with Gasteiger partial charge < -0.3 is 5.73 Å². The number of nitrogens with zero attached hydrogens (tertiary/aromatic N) is 1. The van der Waals surface area contributed by atoms with Crippen LogP contribution in [0.5, 0.6) is 0 Å². The predicted molar refractivity (Wildman–Crippen MR) is 70.9 cm³/mol. The van der Waals surface area contributed by atoms with Gasteiger partial charge in [0.25, 0.3) is 0 Å². The van der Waals surface area contributed by atoms with Crippen LogP contribution in [0.2, 0.25) is 0 Å². The molecule has 0 aliphatic heterocycles. The van der Waals surface area contributed by atoms with Crippen LogP contribution in [0.1, 0.15) is 5.56 Å². The number of sulfonamides is 1. The first-order valence-electron chi connectivity index (χ1n) is 5.54. The van der Waals surface area contributed by atoms with Crippen LogP contribution >= 0.6 is 0 Å². The van der Waals surface area contributed by atoms with Crippen LogP contribution in [0.3, 0.4) is 0 Å². The average Bonchev–Trinajstić information content (AvgIpc) is 2.37. The van der Waals surface area contributed by atoms with E-state index in [4.69, 9.17) is 5.73 Å². The smallest absolute Gasteiger partial charge is 0.241 e. The number of hydrogen-bond acceptors (Lipinski definition) is 4. The van der Waals surface area contributed by atoms with E-state index >= 15 is 0 Å². The number of rotatable bonds is 4. The minimum Gasteiger partial charge on any atom is -0.369 e. The normalized spacial score (nSPS) is 11.6. The Kier molecular flexibility index (Phi) is 3.50. The first-order chi connectivity index (χ1) is 8.92. The number of fused-ring (bicyclic) bond motifs is 1. The lowest BCUT2D eigenvalue weighted by molar-refractivity contribution is -0.116. The highest BCUT2D eigenvalue weighted by Gasteiger charge is 2.18. The van der Waals surface area contributed by atoms with Crippen LogP contribution in [-0.4, -0.2) is 25.9 Å².